The Balaban J connectivity index is 1.51. The van der Waals surface area contributed by atoms with Crippen molar-refractivity contribution >= 4 is 22.7 Å². The largest absolute Gasteiger partial charge is 0.497 e. The summed E-state index contributed by atoms with van der Waals surface area (Å²) in [6.45, 7) is 0.260. The molecule has 4 aromatic rings. The highest BCUT2D eigenvalue weighted by Gasteiger charge is 2.33. The number of aromatic nitrogens is 2. The van der Waals surface area contributed by atoms with Crippen LogP contribution in [0.25, 0.3) is 10.9 Å². The number of carbonyl (C=O) groups is 2. The summed E-state index contributed by atoms with van der Waals surface area (Å²) >= 11 is 0. The van der Waals surface area contributed by atoms with Gasteiger partial charge in [0.2, 0.25) is 11.8 Å². The van der Waals surface area contributed by atoms with Gasteiger partial charge in [-0.3, -0.25) is 14.6 Å². The van der Waals surface area contributed by atoms with Gasteiger partial charge in [-0.25, -0.2) is 0 Å². The lowest BCUT2D eigenvalue weighted by molar-refractivity contribution is -0.141. The molecule has 1 saturated carbocycles. The van der Waals surface area contributed by atoms with E-state index in [2.05, 4.69) is 15.3 Å². The number of ether oxygens (including phenoxy) is 1. The minimum atomic E-state index is -0.811. The molecule has 0 spiro atoms. The Labute approximate surface area is 223 Å². The van der Waals surface area contributed by atoms with Crippen LogP contribution in [-0.4, -0.2) is 39.8 Å². The highest BCUT2D eigenvalue weighted by molar-refractivity contribution is 5.92. The predicted octanol–water partition coefficient (Wildman–Crippen LogP) is 5.33. The van der Waals surface area contributed by atoms with Crippen molar-refractivity contribution in [2.24, 2.45) is 0 Å². The van der Waals surface area contributed by atoms with Crippen LogP contribution in [-0.2, 0) is 22.6 Å². The summed E-state index contributed by atoms with van der Waals surface area (Å²) < 4.78 is 5.43. The number of amides is 2. The molecular formula is C31H34N4O3. The van der Waals surface area contributed by atoms with Gasteiger partial charge in [-0.05, 0) is 48.2 Å². The van der Waals surface area contributed by atoms with Gasteiger partial charge < -0.3 is 19.9 Å². The Morgan fingerprint density at radius 3 is 2.71 bits per heavy atom. The fourth-order valence-electron chi connectivity index (χ4n) is 5.37. The van der Waals surface area contributed by atoms with Gasteiger partial charge in [0.15, 0.2) is 0 Å². The number of para-hydroxylation sites is 1. The standard InChI is InChI=1S/C31H34N4O3/c1-38-26-13-7-9-22(17-26)21-35(29(36)18-24-20-33-28-15-6-5-14-27(24)28)30(23-10-8-16-32-19-23)31(37)34-25-11-3-2-4-12-25/h5-10,13-17,19-20,25,30,33H,2-4,11-12,18,21H2,1H3,(H,34,37)/t30-/m1/s1. The third kappa shape index (κ3) is 5.88. The summed E-state index contributed by atoms with van der Waals surface area (Å²) in [7, 11) is 1.62. The molecule has 0 radical (unpaired) electrons. The van der Waals surface area contributed by atoms with E-state index in [9.17, 15) is 9.59 Å². The van der Waals surface area contributed by atoms with Gasteiger partial charge in [-0.2, -0.15) is 0 Å². The summed E-state index contributed by atoms with van der Waals surface area (Å²) in [5.41, 5.74) is 3.46. The molecule has 1 fully saturated rings. The van der Waals surface area contributed by atoms with Crippen LogP contribution >= 0.6 is 0 Å². The van der Waals surface area contributed by atoms with E-state index >= 15 is 0 Å². The fraction of sp³-hybridized carbons (Fsp3) is 0.323. The van der Waals surface area contributed by atoms with E-state index in [1.165, 1.54) is 6.42 Å². The number of benzene rings is 2. The maximum Gasteiger partial charge on any atom is 0.247 e. The molecule has 0 unspecified atom stereocenters. The highest BCUT2D eigenvalue weighted by atomic mass is 16.5. The second-order valence-corrected chi connectivity index (χ2v) is 9.94. The lowest BCUT2D eigenvalue weighted by Gasteiger charge is -2.33. The smallest absolute Gasteiger partial charge is 0.247 e. The third-order valence-electron chi connectivity index (χ3n) is 7.34. The van der Waals surface area contributed by atoms with Crippen molar-refractivity contribution in [2.75, 3.05) is 7.11 Å². The first-order chi connectivity index (χ1) is 18.6. The Morgan fingerprint density at radius 2 is 1.92 bits per heavy atom. The van der Waals surface area contributed by atoms with Crippen molar-refractivity contribution in [1.29, 1.82) is 0 Å². The quantitative estimate of drug-likeness (QED) is 0.319. The van der Waals surface area contributed by atoms with Crippen LogP contribution in [0, 0.1) is 0 Å². The molecule has 0 bridgehead atoms. The number of nitrogens with zero attached hydrogens (tertiary/aromatic N) is 2. The monoisotopic (exact) mass is 510 g/mol. The maximum atomic E-state index is 14.1. The molecule has 7 heteroatoms. The first-order valence-corrected chi connectivity index (χ1v) is 13.3. The minimum absolute atomic E-state index is 0.123. The van der Waals surface area contributed by atoms with Crippen LogP contribution < -0.4 is 10.1 Å². The first-order valence-electron chi connectivity index (χ1n) is 13.3. The van der Waals surface area contributed by atoms with Gasteiger partial charge in [-0.1, -0.05) is 55.7 Å². The van der Waals surface area contributed by atoms with Crippen molar-refractivity contribution in [3.8, 4) is 5.75 Å². The second kappa shape index (κ2) is 11.9. The van der Waals surface area contributed by atoms with Gasteiger partial charge in [0, 0.05) is 47.6 Å². The van der Waals surface area contributed by atoms with Crippen LogP contribution in [0.2, 0.25) is 0 Å². The van der Waals surface area contributed by atoms with E-state index < -0.39 is 6.04 Å². The number of rotatable bonds is 9. The minimum Gasteiger partial charge on any atom is -0.497 e. The topological polar surface area (TPSA) is 87.3 Å². The number of nitrogens with one attached hydrogen (secondary N) is 2. The molecule has 38 heavy (non-hydrogen) atoms. The van der Waals surface area contributed by atoms with Crippen molar-refractivity contribution in [2.45, 2.75) is 57.2 Å². The van der Waals surface area contributed by atoms with Crippen LogP contribution in [0.4, 0.5) is 0 Å². The molecule has 7 nitrogen and oxygen atoms in total. The Bertz CT molecular complexity index is 1380. The van der Waals surface area contributed by atoms with Crippen molar-refractivity contribution in [1.82, 2.24) is 20.2 Å². The number of fused-ring (bicyclic) bond motifs is 1. The molecule has 5 rings (SSSR count). The molecule has 0 saturated heterocycles. The number of aromatic amines is 1. The lowest BCUT2D eigenvalue weighted by Crippen LogP contribution is -2.47. The van der Waals surface area contributed by atoms with Crippen molar-refractivity contribution < 1.29 is 14.3 Å². The molecule has 196 valence electrons. The zero-order valence-corrected chi connectivity index (χ0v) is 21.7. The first kappa shape index (κ1) is 25.5. The van der Waals surface area contributed by atoms with Gasteiger partial charge in [0.25, 0.3) is 0 Å². The molecule has 2 N–H and O–H groups in total. The van der Waals surface area contributed by atoms with E-state index in [0.717, 1.165) is 47.7 Å². The molecule has 1 atom stereocenters. The Kier molecular flexibility index (Phi) is 8.02. The maximum absolute atomic E-state index is 14.1. The number of hydrogen-bond acceptors (Lipinski definition) is 4. The fourth-order valence-corrected chi connectivity index (χ4v) is 5.37. The van der Waals surface area contributed by atoms with E-state index in [1.807, 2.05) is 66.9 Å². The second-order valence-electron chi connectivity index (χ2n) is 9.94. The molecule has 0 aliphatic heterocycles. The average molecular weight is 511 g/mol. The summed E-state index contributed by atoms with van der Waals surface area (Å²) in [4.78, 5) is 37.3. The van der Waals surface area contributed by atoms with Gasteiger partial charge in [0.05, 0.1) is 13.5 Å². The van der Waals surface area contributed by atoms with E-state index in [0.29, 0.717) is 11.3 Å². The number of carbonyl (C=O) groups excluding carboxylic acids is 2. The number of hydrogen-bond donors (Lipinski definition) is 2. The number of H-pyrrole nitrogens is 1. The van der Waals surface area contributed by atoms with Crippen LogP contribution in [0.1, 0.15) is 54.8 Å². The van der Waals surface area contributed by atoms with E-state index in [1.54, 1.807) is 24.4 Å². The van der Waals surface area contributed by atoms with Gasteiger partial charge in [0.1, 0.15) is 11.8 Å². The zero-order valence-electron chi connectivity index (χ0n) is 21.7. The SMILES string of the molecule is COc1cccc(CN(C(=O)Cc2c[nH]c3ccccc23)[C@@H](C(=O)NC2CCCCC2)c2cccnc2)c1. The van der Waals surface area contributed by atoms with Crippen LogP contribution in [0.5, 0.6) is 5.75 Å². The normalized spacial score (nSPS) is 14.7. The molecule has 2 aromatic carbocycles. The zero-order chi connectivity index (χ0) is 26.3. The van der Waals surface area contributed by atoms with Crippen LogP contribution in [0.3, 0.4) is 0 Å². The highest BCUT2D eigenvalue weighted by Crippen LogP contribution is 2.28. The number of methoxy groups -OCH3 is 1. The molecular weight excluding hydrogens is 476 g/mol. The van der Waals surface area contributed by atoms with Crippen molar-refractivity contribution in [3.05, 3.63) is 95.9 Å². The van der Waals surface area contributed by atoms with Gasteiger partial charge in [-0.15, -0.1) is 0 Å². The third-order valence-corrected chi connectivity index (χ3v) is 7.34. The van der Waals surface area contributed by atoms with Crippen LogP contribution in [0.15, 0.2) is 79.3 Å². The Hall–Kier alpha value is -4.13. The molecule has 2 heterocycles. The summed E-state index contributed by atoms with van der Waals surface area (Å²) in [6, 6.07) is 18.6. The van der Waals surface area contributed by atoms with Gasteiger partial charge >= 0.3 is 0 Å². The number of pyridine rings is 1. The Morgan fingerprint density at radius 1 is 1.08 bits per heavy atom. The lowest BCUT2D eigenvalue weighted by atomic mass is 9.94. The molecule has 2 aromatic heterocycles. The summed E-state index contributed by atoms with van der Waals surface area (Å²) in [5.74, 6) is 0.404. The molecule has 2 amide bonds. The average Bonchev–Trinajstić information content (AvgIpc) is 3.36. The molecule has 1 aliphatic carbocycles. The van der Waals surface area contributed by atoms with E-state index in [-0.39, 0.29) is 30.8 Å². The summed E-state index contributed by atoms with van der Waals surface area (Å²) in [5, 5.41) is 4.26. The predicted molar refractivity (Wildman–Crippen MR) is 148 cm³/mol. The van der Waals surface area contributed by atoms with E-state index in [4.69, 9.17) is 4.74 Å². The van der Waals surface area contributed by atoms with Crippen molar-refractivity contribution in [3.63, 3.8) is 0 Å². The summed E-state index contributed by atoms with van der Waals surface area (Å²) in [6.07, 6.45) is 10.8. The molecule has 1 aliphatic rings.